The van der Waals surface area contributed by atoms with Gasteiger partial charge in [-0.1, -0.05) is 158 Å². The molecule has 0 aromatic heterocycles. The number of hydrogen-bond donors (Lipinski definition) is 0. The second-order valence-corrected chi connectivity index (χ2v) is 12.4. The van der Waals surface area contributed by atoms with Crippen molar-refractivity contribution in [3.63, 3.8) is 0 Å². The Labute approximate surface area is 266 Å². The lowest BCUT2D eigenvalue weighted by Crippen LogP contribution is -2.14. The van der Waals surface area contributed by atoms with Crippen LogP contribution in [0.3, 0.4) is 0 Å². The fraction of sp³-hybridized carbons (Fsp3) is 0.0222. The van der Waals surface area contributed by atoms with Crippen molar-refractivity contribution in [3.05, 3.63) is 180 Å². The van der Waals surface area contributed by atoms with Gasteiger partial charge in [-0.25, -0.2) is 0 Å². The van der Waals surface area contributed by atoms with E-state index >= 15 is 0 Å². The lowest BCUT2D eigenvalue weighted by atomic mass is 9.76. The Morgan fingerprint density at radius 3 is 1.28 bits per heavy atom. The molecule has 1 aliphatic rings. The van der Waals surface area contributed by atoms with Crippen molar-refractivity contribution < 1.29 is 4.74 Å². The number of hydrogen-bond acceptors (Lipinski definition) is 1. The molecular weight excluding hydrogens is 556 g/mol. The number of benzene rings is 9. The van der Waals surface area contributed by atoms with E-state index < -0.39 is 0 Å². The minimum atomic E-state index is -0.0200. The lowest BCUT2D eigenvalue weighted by molar-refractivity contribution is 0.467. The molecule has 46 heavy (non-hydrogen) atoms. The fourth-order valence-corrected chi connectivity index (χ4v) is 7.88. The van der Waals surface area contributed by atoms with Gasteiger partial charge in [0.15, 0.2) is 0 Å². The molecule has 1 aliphatic heterocycles. The molecule has 0 unspecified atom stereocenters. The number of ether oxygens (including phenoxy) is 1. The summed E-state index contributed by atoms with van der Waals surface area (Å²) in [4.78, 5) is 0. The van der Waals surface area contributed by atoms with E-state index in [4.69, 9.17) is 4.74 Å². The van der Waals surface area contributed by atoms with E-state index in [1.807, 2.05) is 0 Å². The molecule has 0 bridgehead atoms. The van der Waals surface area contributed by atoms with Crippen molar-refractivity contribution in [2.75, 3.05) is 0 Å². The molecule has 214 valence electrons. The highest BCUT2D eigenvalue weighted by molar-refractivity contribution is 6.17. The van der Waals surface area contributed by atoms with Crippen molar-refractivity contribution in [3.8, 4) is 22.6 Å². The summed E-state index contributed by atoms with van der Waals surface area (Å²) in [7, 11) is 0. The number of fused-ring (bicyclic) bond motifs is 13. The van der Waals surface area contributed by atoms with E-state index in [9.17, 15) is 0 Å². The average molecular weight is 585 g/mol. The van der Waals surface area contributed by atoms with Crippen LogP contribution in [0, 0.1) is 0 Å². The fourth-order valence-electron chi connectivity index (χ4n) is 7.88. The summed E-state index contributed by atoms with van der Waals surface area (Å²) >= 11 is 0. The Balaban J connectivity index is 1.29. The smallest absolute Gasteiger partial charge is 0.140 e. The van der Waals surface area contributed by atoms with Gasteiger partial charge in [0.1, 0.15) is 11.5 Å². The predicted octanol–water partition coefficient (Wildman–Crippen LogP) is 12.4. The molecule has 0 fully saturated rings. The van der Waals surface area contributed by atoms with E-state index in [1.165, 1.54) is 70.9 Å². The van der Waals surface area contributed by atoms with Gasteiger partial charge in [0.25, 0.3) is 0 Å². The van der Waals surface area contributed by atoms with Crippen molar-refractivity contribution in [2.24, 2.45) is 0 Å². The van der Waals surface area contributed by atoms with Crippen LogP contribution in [0.2, 0.25) is 0 Å². The minimum absolute atomic E-state index is 0.0200. The standard InChI is InChI=1S/C45H28O/c1-2-12-31-27-32(26-23-28(31)11-1)29-21-24-30(25-22-29)41-42-37-17-7-3-13-33(37)35-15-5-9-19-39(35)44(42)46-45-40-20-10-6-16-36(40)34-14-4-8-18-38(34)43(41)45/h1-27,41H. The zero-order valence-electron chi connectivity index (χ0n) is 25.1. The molecule has 1 heterocycles. The highest BCUT2D eigenvalue weighted by atomic mass is 16.5. The first-order valence-corrected chi connectivity index (χ1v) is 16.0. The van der Waals surface area contributed by atoms with E-state index in [0.717, 1.165) is 22.3 Å². The monoisotopic (exact) mass is 584 g/mol. The van der Waals surface area contributed by atoms with Crippen LogP contribution in [0.4, 0.5) is 0 Å². The molecule has 0 atom stereocenters. The van der Waals surface area contributed by atoms with Crippen LogP contribution in [0.15, 0.2) is 164 Å². The molecule has 0 saturated heterocycles. The van der Waals surface area contributed by atoms with E-state index in [0.29, 0.717) is 0 Å². The first-order chi connectivity index (χ1) is 22.8. The molecule has 10 rings (SSSR count). The Morgan fingerprint density at radius 2 is 0.739 bits per heavy atom. The summed E-state index contributed by atoms with van der Waals surface area (Å²) in [5.41, 5.74) is 6.18. The van der Waals surface area contributed by atoms with Crippen LogP contribution in [0.1, 0.15) is 22.6 Å². The van der Waals surface area contributed by atoms with Gasteiger partial charge in [-0.3, -0.25) is 0 Å². The van der Waals surface area contributed by atoms with Crippen LogP contribution in [-0.2, 0) is 0 Å². The van der Waals surface area contributed by atoms with Crippen LogP contribution >= 0.6 is 0 Å². The number of rotatable bonds is 2. The van der Waals surface area contributed by atoms with Crippen LogP contribution < -0.4 is 4.74 Å². The molecule has 1 nitrogen and oxygen atoms in total. The molecule has 0 aliphatic carbocycles. The maximum absolute atomic E-state index is 7.21. The third-order valence-corrected chi connectivity index (χ3v) is 9.96. The maximum Gasteiger partial charge on any atom is 0.140 e. The summed E-state index contributed by atoms with van der Waals surface area (Å²) < 4.78 is 7.21. The molecule has 0 spiro atoms. The highest BCUT2D eigenvalue weighted by Crippen LogP contribution is 2.57. The summed E-state index contributed by atoms with van der Waals surface area (Å²) in [5, 5.41) is 12.2. The molecule has 0 radical (unpaired) electrons. The molecule has 0 N–H and O–H groups in total. The zero-order chi connectivity index (χ0) is 30.2. The summed E-state index contributed by atoms with van der Waals surface area (Å²) in [5.74, 6) is 1.91. The molecule has 1 heteroatoms. The topological polar surface area (TPSA) is 9.23 Å². The first kappa shape index (κ1) is 25.4. The van der Waals surface area contributed by atoms with Crippen molar-refractivity contribution in [1.82, 2.24) is 0 Å². The maximum atomic E-state index is 7.21. The van der Waals surface area contributed by atoms with Gasteiger partial charge in [-0.05, 0) is 65.8 Å². The average Bonchev–Trinajstić information content (AvgIpc) is 3.14. The van der Waals surface area contributed by atoms with Gasteiger partial charge in [0.05, 0.1) is 0 Å². The van der Waals surface area contributed by atoms with E-state index in [-0.39, 0.29) is 5.92 Å². The Hall–Kier alpha value is -5.92. The van der Waals surface area contributed by atoms with Crippen molar-refractivity contribution >= 4 is 53.9 Å². The van der Waals surface area contributed by atoms with Crippen LogP contribution in [0.25, 0.3) is 65.0 Å². The Bertz CT molecular complexity index is 2540. The third-order valence-electron chi connectivity index (χ3n) is 9.96. The van der Waals surface area contributed by atoms with Gasteiger partial charge in [0.2, 0.25) is 0 Å². The van der Waals surface area contributed by atoms with Gasteiger partial charge < -0.3 is 4.74 Å². The lowest BCUT2D eigenvalue weighted by Gasteiger charge is -2.33. The van der Waals surface area contributed by atoms with E-state index in [2.05, 4.69) is 164 Å². The Kier molecular flexibility index (Phi) is 5.41. The summed E-state index contributed by atoms with van der Waals surface area (Å²) in [6.45, 7) is 0. The first-order valence-electron chi connectivity index (χ1n) is 16.0. The molecule has 9 aromatic carbocycles. The minimum Gasteiger partial charge on any atom is -0.455 e. The predicted molar refractivity (Wildman–Crippen MR) is 193 cm³/mol. The van der Waals surface area contributed by atoms with Crippen LogP contribution in [-0.4, -0.2) is 0 Å². The SMILES string of the molecule is c1ccc2cc(-c3ccc(C4c5c(c6ccccc6c6ccccc56)Oc5c4c4ccccc4c4ccccc54)cc3)ccc2c1. The van der Waals surface area contributed by atoms with Crippen molar-refractivity contribution in [1.29, 1.82) is 0 Å². The van der Waals surface area contributed by atoms with Gasteiger partial charge in [-0.15, -0.1) is 0 Å². The summed E-state index contributed by atoms with van der Waals surface area (Å²) in [6, 6.07) is 59.6. The largest absolute Gasteiger partial charge is 0.455 e. The normalized spacial score (nSPS) is 12.9. The van der Waals surface area contributed by atoms with Crippen LogP contribution in [0.5, 0.6) is 11.5 Å². The van der Waals surface area contributed by atoms with E-state index in [1.54, 1.807) is 0 Å². The highest BCUT2D eigenvalue weighted by Gasteiger charge is 2.35. The molecular formula is C45H28O. The Morgan fingerprint density at radius 1 is 0.326 bits per heavy atom. The molecule has 0 amide bonds. The molecule has 9 aromatic rings. The summed E-state index contributed by atoms with van der Waals surface area (Å²) in [6.07, 6.45) is 0. The second-order valence-electron chi connectivity index (χ2n) is 12.4. The zero-order valence-corrected chi connectivity index (χ0v) is 25.1. The van der Waals surface area contributed by atoms with Crippen molar-refractivity contribution in [2.45, 2.75) is 5.92 Å². The van der Waals surface area contributed by atoms with Gasteiger partial charge in [0, 0.05) is 27.8 Å². The van der Waals surface area contributed by atoms with Gasteiger partial charge in [-0.2, -0.15) is 0 Å². The third kappa shape index (κ3) is 3.63. The quantitative estimate of drug-likeness (QED) is 0.184. The second kappa shape index (κ2) is 9.79. The van der Waals surface area contributed by atoms with Gasteiger partial charge >= 0.3 is 0 Å². The molecule has 0 saturated carbocycles.